The van der Waals surface area contributed by atoms with Gasteiger partial charge >= 0.3 is 12.2 Å². The van der Waals surface area contributed by atoms with Crippen LogP contribution in [0.25, 0.3) is 33.6 Å². The van der Waals surface area contributed by atoms with E-state index in [2.05, 4.69) is 35.9 Å². The van der Waals surface area contributed by atoms with E-state index in [1.54, 1.807) is 24.4 Å². The summed E-state index contributed by atoms with van der Waals surface area (Å²) in [5, 5.41) is 8.24. The number of imidazole rings is 2. The Labute approximate surface area is 326 Å². The topological polar surface area (TPSA) is 202 Å². The molecule has 4 amide bonds. The molecule has 2 aromatic heterocycles. The number of aromatic amines is 2. The van der Waals surface area contributed by atoms with Gasteiger partial charge in [0, 0.05) is 46.8 Å². The van der Waals surface area contributed by atoms with E-state index >= 15 is 0 Å². The van der Waals surface area contributed by atoms with Crippen molar-refractivity contribution < 1.29 is 38.1 Å². The van der Waals surface area contributed by atoms with Crippen molar-refractivity contribution in [1.82, 2.24) is 40.8 Å². The molecule has 5 rings (SSSR count). The van der Waals surface area contributed by atoms with Crippen LogP contribution in [0.5, 0.6) is 0 Å². The summed E-state index contributed by atoms with van der Waals surface area (Å²) in [6, 6.07) is 14.0. The van der Waals surface area contributed by atoms with Crippen LogP contribution in [0.1, 0.15) is 63.3 Å². The highest BCUT2D eigenvalue weighted by Gasteiger charge is 2.36. The molecule has 0 spiro atoms. The van der Waals surface area contributed by atoms with E-state index < -0.39 is 30.3 Å². The summed E-state index contributed by atoms with van der Waals surface area (Å²) in [6.07, 6.45) is 4.34. The van der Waals surface area contributed by atoms with Crippen LogP contribution in [-0.4, -0.2) is 109 Å². The van der Waals surface area contributed by atoms with E-state index in [1.807, 2.05) is 62.4 Å². The minimum atomic E-state index is -0.833. The van der Waals surface area contributed by atoms with Crippen LogP contribution >= 0.6 is 0 Å². The average Bonchev–Trinajstić information content (AvgIpc) is 4.01. The Morgan fingerprint density at radius 1 is 0.732 bits per heavy atom. The summed E-state index contributed by atoms with van der Waals surface area (Å²) in [6.45, 7) is 5.12. The average molecular weight is 773 g/mol. The van der Waals surface area contributed by atoms with Crippen LogP contribution < -0.4 is 16.0 Å². The lowest BCUT2D eigenvalue weighted by atomic mass is 10.0. The molecule has 1 fully saturated rings. The summed E-state index contributed by atoms with van der Waals surface area (Å²) >= 11 is 0. The first-order chi connectivity index (χ1) is 27.1. The van der Waals surface area contributed by atoms with Crippen LogP contribution in [0.3, 0.4) is 0 Å². The third-order valence-corrected chi connectivity index (χ3v) is 9.82. The fourth-order valence-corrected chi connectivity index (χ4v) is 6.70. The Balaban J connectivity index is 1.24. The number of nitrogens with zero attached hydrogens (tertiary/aromatic N) is 3. The zero-order chi connectivity index (χ0) is 40.2. The van der Waals surface area contributed by atoms with E-state index in [0.29, 0.717) is 31.2 Å². The molecule has 4 atom stereocenters. The number of rotatable bonds is 17. The fourth-order valence-electron chi connectivity index (χ4n) is 6.70. The normalized spacial score (nSPS) is 15.6. The van der Waals surface area contributed by atoms with Gasteiger partial charge in [-0.05, 0) is 41.0 Å². The number of carbonyl (C=O) groups excluding carboxylic acids is 4. The van der Waals surface area contributed by atoms with Crippen LogP contribution in [-0.2, 0) is 28.5 Å². The summed E-state index contributed by atoms with van der Waals surface area (Å²) in [5.41, 5.74) is 5.58. The van der Waals surface area contributed by atoms with Gasteiger partial charge in [-0.15, -0.1) is 0 Å². The van der Waals surface area contributed by atoms with E-state index in [-0.39, 0.29) is 36.8 Å². The molecular formula is C40H52N8O8. The van der Waals surface area contributed by atoms with Crippen molar-refractivity contribution in [1.29, 1.82) is 0 Å². The molecular weight excluding hydrogens is 720 g/mol. The zero-order valence-corrected chi connectivity index (χ0v) is 32.7. The molecule has 0 bridgehead atoms. The predicted octanol–water partition coefficient (Wildman–Crippen LogP) is 5.13. The molecule has 4 aromatic rings. The SMILES string of the molecule is COCCC(NC(=O)OC)C(=O)N1CCC[C@H]1c1ncc(-c2ccc(-c3ccc(-c4cnc([C@@H](NC(=O)[C@H](CCOC)NC(=O)OC)C(C)C)[nH]4)cc3)cc2)[nH]1. The fraction of sp³-hybridized carbons (Fsp3) is 0.450. The van der Waals surface area contributed by atoms with Gasteiger partial charge in [0.1, 0.15) is 23.7 Å². The van der Waals surface area contributed by atoms with Gasteiger partial charge in [-0.1, -0.05) is 62.4 Å². The smallest absolute Gasteiger partial charge is 0.407 e. The number of carbonyl (C=O) groups is 4. The maximum absolute atomic E-state index is 13.5. The van der Waals surface area contributed by atoms with Crippen LogP contribution in [0.2, 0.25) is 0 Å². The van der Waals surface area contributed by atoms with Gasteiger partial charge < -0.3 is 49.8 Å². The second kappa shape index (κ2) is 19.7. The molecule has 2 aromatic carbocycles. The molecule has 0 aliphatic carbocycles. The number of methoxy groups -OCH3 is 4. The van der Waals surface area contributed by atoms with E-state index in [0.717, 1.165) is 46.5 Å². The molecule has 16 nitrogen and oxygen atoms in total. The summed E-state index contributed by atoms with van der Waals surface area (Å²) in [4.78, 5) is 68.3. The summed E-state index contributed by atoms with van der Waals surface area (Å²) < 4.78 is 19.7. The van der Waals surface area contributed by atoms with Gasteiger partial charge in [0.05, 0.1) is 50.1 Å². The molecule has 56 heavy (non-hydrogen) atoms. The van der Waals surface area contributed by atoms with Gasteiger partial charge in [0.15, 0.2) is 0 Å². The van der Waals surface area contributed by atoms with Gasteiger partial charge in [-0.2, -0.15) is 0 Å². The zero-order valence-electron chi connectivity index (χ0n) is 32.7. The van der Waals surface area contributed by atoms with Gasteiger partial charge in [0.2, 0.25) is 11.8 Å². The quantitative estimate of drug-likeness (QED) is 0.0958. The van der Waals surface area contributed by atoms with Gasteiger partial charge in [-0.3, -0.25) is 9.59 Å². The van der Waals surface area contributed by atoms with Crippen molar-refractivity contribution in [3.63, 3.8) is 0 Å². The Morgan fingerprint density at radius 2 is 1.25 bits per heavy atom. The van der Waals surface area contributed by atoms with Crippen molar-refractivity contribution >= 4 is 24.0 Å². The molecule has 16 heteroatoms. The first kappa shape index (κ1) is 41.4. The molecule has 1 aliphatic heterocycles. The molecule has 1 saturated heterocycles. The Hall–Kier alpha value is -5.74. The first-order valence-electron chi connectivity index (χ1n) is 18.7. The van der Waals surface area contributed by atoms with E-state index in [9.17, 15) is 19.2 Å². The maximum atomic E-state index is 13.5. The van der Waals surface area contributed by atoms with Crippen molar-refractivity contribution in [2.75, 3.05) is 48.2 Å². The highest BCUT2D eigenvalue weighted by atomic mass is 16.5. The second-order valence-electron chi connectivity index (χ2n) is 13.9. The number of likely N-dealkylation sites (tertiary alicyclic amines) is 1. The van der Waals surface area contributed by atoms with Crippen molar-refractivity contribution in [3.8, 4) is 33.6 Å². The Bertz CT molecular complexity index is 1830. The molecule has 3 heterocycles. The van der Waals surface area contributed by atoms with Crippen LogP contribution in [0, 0.1) is 5.92 Å². The molecule has 0 saturated carbocycles. The van der Waals surface area contributed by atoms with Gasteiger partial charge in [0.25, 0.3) is 0 Å². The molecule has 300 valence electrons. The number of H-pyrrole nitrogens is 2. The third kappa shape index (κ3) is 10.3. The number of ether oxygens (including phenoxy) is 4. The number of hydrogen-bond acceptors (Lipinski definition) is 10. The minimum Gasteiger partial charge on any atom is -0.453 e. The number of benzene rings is 2. The van der Waals surface area contributed by atoms with Crippen LogP contribution in [0.15, 0.2) is 60.9 Å². The molecule has 5 N–H and O–H groups in total. The molecule has 1 unspecified atom stereocenters. The minimum absolute atomic E-state index is 0.000273. The van der Waals surface area contributed by atoms with E-state index in [1.165, 1.54) is 21.3 Å². The Kier molecular flexibility index (Phi) is 14.6. The number of amides is 4. The van der Waals surface area contributed by atoms with Crippen molar-refractivity contribution in [2.24, 2.45) is 5.92 Å². The number of nitrogens with one attached hydrogen (secondary N) is 5. The first-order valence-corrected chi connectivity index (χ1v) is 18.7. The monoisotopic (exact) mass is 772 g/mol. The van der Waals surface area contributed by atoms with Gasteiger partial charge in [-0.25, -0.2) is 19.6 Å². The Morgan fingerprint density at radius 3 is 1.80 bits per heavy atom. The summed E-state index contributed by atoms with van der Waals surface area (Å²) in [5.74, 6) is 0.736. The lowest BCUT2D eigenvalue weighted by molar-refractivity contribution is -0.135. The van der Waals surface area contributed by atoms with Crippen LogP contribution in [0.4, 0.5) is 9.59 Å². The summed E-state index contributed by atoms with van der Waals surface area (Å²) in [7, 11) is 5.60. The van der Waals surface area contributed by atoms with Crippen molar-refractivity contribution in [3.05, 3.63) is 72.6 Å². The standard InChI is InChI=1S/C40H52N8O8/c1-24(2)34(47-37(49)29(17-20-53-3)45-39(51)55-5)36-42-23-32(44-36)28-15-11-26(12-16-28)25-9-13-27(14-10-25)31-22-41-35(43-31)33-8-7-19-48(33)38(50)30(18-21-54-4)46-40(52)56-6/h9-16,22-24,29-30,33-34H,7-8,17-21H2,1-6H3,(H,41,43)(H,42,44)(H,45,51)(H,46,52)(H,47,49)/t29-,30?,33-,34-/m0/s1. The number of hydrogen-bond donors (Lipinski definition) is 5. The highest BCUT2D eigenvalue weighted by molar-refractivity contribution is 5.87. The molecule has 0 radical (unpaired) electrons. The predicted molar refractivity (Wildman–Crippen MR) is 208 cm³/mol. The molecule has 1 aliphatic rings. The van der Waals surface area contributed by atoms with E-state index in [4.69, 9.17) is 18.9 Å². The number of aromatic nitrogens is 4. The lowest BCUT2D eigenvalue weighted by Gasteiger charge is -2.28. The highest BCUT2D eigenvalue weighted by Crippen LogP contribution is 2.33. The second-order valence-corrected chi connectivity index (χ2v) is 13.9. The van der Waals surface area contributed by atoms with Crippen molar-refractivity contribution in [2.45, 2.75) is 63.7 Å². The number of alkyl carbamates (subject to hydrolysis) is 2. The lowest BCUT2D eigenvalue weighted by Crippen LogP contribution is -2.49. The largest absolute Gasteiger partial charge is 0.453 e. The maximum Gasteiger partial charge on any atom is 0.407 e. The third-order valence-electron chi connectivity index (χ3n) is 9.82.